The lowest BCUT2D eigenvalue weighted by Gasteiger charge is -2.30. The van der Waals surface area contributed by atoms with E-state index < -0.39 is 30.0 Å². The fraction of sp³-hybridized carbons (Fsp3) is 0.308. The Bertz CT molecular complexity index is 571. The number of hydrazine groups is 1. The highest BCUT2D eigenvalue weighted by Gasteiger charge is 2.41. The largest absolute Gasteiger partial charge is 0.540 e. The predicted octanol–water partition coefficient (Wildman–Crippen LogP) is -2.13. The number of carbonyl (C=O) groups is 3. The van der Waals surface area contributed by atoms with Gasteiger partial charge < -0.3 is 19.7 Å². The number of carbonyl (C=O) groups excluding carboxylic acids is 3. The highest BCUT2D eigenvalue weighted by atomic mass is 16.6. The van der Waals surface area contributed by atoms with Crippen LogP contribution in [0.4, 0.5) is 5.69 Å². The van der Waals surface area contributed by atoms with E-state index in [0.717, 1.165) is 10.6 Å². The number of aliphatic carboxylic acids is 1. The number of cyclic esters (lactones) is 1. The zero-order chi connectivity index (χ0) is 15.6. The van der Waals surface area contributed by atoms with Crippen LogP contribution in [-0.4, -0.2) is 41.7 Å². The zero-order valence-electron chi connectivity index (χ0n) is 11.1. The number of hydrogen-bond donors (Lipinski definition) is 2. The van der Waals surface area contributed by atoms with E-state index >= 15 is 0 Å². The van der Waals surface area contributed by atoms with Crippen LogP contribution in [0.5, 0.6) is 0 Å². The molecule has 21 heavy (non-hydrogen) atoms. The summed E-state index contributed by atoms with van der Waals surface area (Å²) >= 11 is 0. The molecule has 2 atom stereocenters. The van der Waals surface area contributed by atoms with Crippen LogP contribution in [-0.2, 0) is 19.1 Å². The molecule has 0 saturated carbocycles. The lowest BCUT2D eigenvalue weighted by atomic mass is 10.1. The Morgan fingerprint density at radius 1 is 1.38 bits per heavy atom. The Balaban J connectivity index is 2.34. The highest BCUT2D eigenvalue weighted by Crippen LogP contribution is 2.21. The second kappa shape index (κ2) is 5.80. The van der Waals surface area contributed by atoms with Crippen molar-refractivity contribution in [2.45, 2.75) is 19.1 Å². The van der Waals surface area contributed by atoms with E-state index in [9.17, 15) is 24.6 Å². The van der Waals surface area contributed by atoms with Crippen molar-refractivity contribution < 1.29 is 29.3 Å². The molecular formula is C13H13N2O6-. The molecule has 1 aliphatic rings. The minimum absolute atomic E-state index is 0.229. The van der Waals surface area contributed by atoms with Gasteiger partial charge in [-0.05, 0) is 19.1 Å². The van der Waals surface area contributed by atoms with E-state index in [4.69, 9.17) is 4.74 Å². The second-order valence-electron chi connectivity index (χ2n) is 4.58. The lowest BCUT2D eigenvalue weighted by molar-refractivity contribution is -0.300. The Morgan fingerprint density at radius 3 is 2.48 bits per heavy atom. The number of aliphatic hydroxyl groups is 1. The minimum atomic E-state index is -1.95. The summed E-state index contributed by atoms with van der Waals surface area (Å²) in [6.45, 7) is 1.61. The van der Waals surface area contributed by atoms with Crippen molar-refractivity contribution in [2.24, 2.45) is 0 Å². The minimum Gasteiger partial charge on any atom is -0.540 e. The number of anilines is 1. The van der Waals surface area contributed by atoms with E-state index in [2.05, 4.69) is 0 Å². The molecule has 112 valence electrons. The number of aryl methyl sites for hydroxylation is 1. The van der Waals surface area contributed by atoms with Gasteiger partial charge in [0, 0.05) is 0 Å². The number of nitrogens with zero attached hydrogens (tertiary/aromatic N) is 1. The van der Waals surface area contributed by atoms with Crippen molar-refractivity contribution >= 4 is 23.5 Å². The van der Waals surface area contributed by atoms with Gasteiger partial charge in [0.05, 0.1) is 5.69 Å². The smallest absolute Gasteiger partial charge is 0.333 e. The quantitative estimate of drug-likeness (QED) is 0.371. The standard InChI is InChI=1S/C13H14N2O6/c1-7-2-4-8(5-3-7)15(14-11(17)12(18)19)10-9(16)6-21-13(10)20/h2-5,9-10,16H,6H2,1H3,(H,14,17)(H,18,19)/p-1/t9-,10-/m1/s1. The van der Waals surface area contributed by atoms with Crippen LogP contribution in [0.3, 0.4) is 0 Å². The van der Waals surface area contributed by atoms with Crippen molar-refractivity contribution in [1.82, 2.24) is 5.43 Å². The molecule has 1 aliphatic heterocycles. The molecule has 1 amide bonds. The normalized spacial score (nSPS) is 20.8. The number of esters is 1. The van der Waals surface area contributed by atoms with Gasteiger partial charge in [-0.1, -0.05) is 17.7 Å². The average Bonchev–Trinajstić information content (AvgIpc) is 2.76. The maximum atomic E-state index is 11.7. The molecule has 1 saturated heterocycles. The summed E-state index contributed by atoms with van der Waals surface area (Å²) in [7, 11) is 0. The van der Waals surface area contributed by atoms with Crippen LogP contribution < -0.4 is 15.5 Å². The molecule has 1 heterocycles. The molecule has 1 aromatic rings. The molecule has 1 aromatic carbocycles. The van der Waals surface area contributed by atoms with Gasteiger partial charge in [-0.15, -0.1) is 0 Å². The summed E-state index contributed by atoms with van der Waals surface area (Å²) < 4.78 is 4.70. The first-order valence-corrected chi connectivity index (χ1v) is 6.12. The third kappa shape index (κ3) is 3.11. The maximum absolute atomic E-state index is 11.7. The van der Waals surface area contributed by atoms with Crippen LogP contribution in [0, 0.1) is 6.92 Å². The van der Waals surface area contributed by atoms with E-state index in [0.29, 0.717) is 5.69 Å². The molecule has 0 unspecified atom stereocenters. The van der Waals surface area contributed by atoms with E-state index in [-0.39, 0.29) is 6.61 Å². The van der Waals surface area contributed by atoms with E-state index in [1.807, 2.05) is 12.3 Å². The molecular weight excluding hydrogens is 280 g/mol. The molecule has 0 aliphatic carbocycles. The van der Waals surface area contributed by atoms with Gasteiger partial charge >= 0.3 is 5.97 Å². The Labute approximate surface area is 119 Å². The molecule has 0 aromatic heterocycles. The average molecular weight is 293 g/mol. The summed E-state index contributed by atoms with van der Waals surface area (Å²) in [6, 6.07) is 5.34. The molecule has 0 radical (unpaired) electrons. The van der Waals surface area contributed by atoms with Gasteiger partial charge in [0.2, 0.25) is 0 Å². The highest BCUT2D eigenvalue weighted by molar-refractivity contribution is 6.30. The lowest BCUT2D eigenvalue weighted by Crippen LogP contribution is -2.58. The fourth-order valence-corrected chi connectivity index (χ4v) is 1.93. The first-order chi connectivity index (χ1) is 9.90. The van der Waals surface area contributed by atoms with Gasteiger partial charge in [0.1, 0.15) is 18.7 Å². The number of carboxylic acids is 1. The van der Waals surface area contributed by atoms with E-state index in [1.165, 1.54) is 0 Å². The van der Waals surface area contributed by atoms with Crippen LogP contribution in [0.15, 0.2) is 24.3 Å². The van der Waals surface area contributed by atoms with Crippen molar-refractivity contribution in [3.63, 3.8) is 0 Å². The number of benzene rings is 1. The number of rotatable bonds is 3. The van der Waals surface area contributed by atoms with Crippen molar-refractivity contribution in [3.8, 4) is 0 Å². The summed E-state index contributed by atoms with van der Waals surface area (Å²) in [4.78, 5) is 33.6. The number of ether oxygens (including phenoxy) is 1. The number of aliphatic hydroxyl groups excluding tert-OH is 1. The topological polar surface area (TPSA) is 119 Å². The molecule has 8 nitrogen and oxygen atoms in total. The van der Waals surface area contributed by atoms with Crippen molar-refractivity contribution in [2.75, 3.05) is 11.6 Å². The summed E-state index contributed by atoms with van der Waals surface area (Å²) in [5.41, 5.74) is 3.29. The van der Waals surface area contributed by atoms with Gasteiger partial charge in [0.15, 0.2) is 6.04 Å². The first kappa shape index (κ1) is 14.8. The molecule has 8 heteroatoms. The Kier molecular flexibility index (Phi) is 4.08. The van der Waals surface area contributed by atoms with Crippen LogP contribution in [0.1, 0.15) is 5.56 Å². The van der Waals surface area contributed by atoms with Gasteiger partial charge in [0.25, 0.3) is 5.91 Å². The molecule has 0 spiro atoms. The molecule has 2 rings (SSSR count). The first-order valence-electron chi connectivity index (χ1n) is 6.12. The number of amides is 1. The van der Waals surface area contributed by atoms with Gasteiger partial charge in [-0.25, -0.2) is 4.79 Å². The van der Waals surface area contributed by atoms with Crippen LogP contribution >= 0.6 is 0 Å². The molecule has 2 N–H and O–H groups in total. The molecule has 0 bridgehead atoms. The van der Waals surface area contributed by atoms with Crippen molar-refractivity contribution in [3.05, 3.63) is 29.8 Å². The van der Waals surface area contributed by atoms with Gasteiger partial charge in [-0.3, -0.25) is 15.2 Å². The Hall–Kier alpha value is -2.61. The summed E-state index contributed by atoms with van der Waals surface area (Å²) in [5, 5.41) is 21.3. The fourth-order valence-electron chi connectivity index (χ4n) is 1.93. The van der Waals surface area contributed by atoms with Gasteiger partial charge in [-0.2, -0.15) is 0 Å². The molecule has 1 fully saturated rings. The predicted molar refractivity (Wildman–Crippen MR) is 67.6 cm³/mol. The number of hydrogen-bond acceptors (Lipinski definition) is 7. The zero-order valence-corrected chi connectivity index (χ0v) is 11.1. The van der Waals surface area contributed by atoms with Crippen LogP contribution in [0.2, 0.25) is 0 Å². The number of carboxylic acid groups (broad SMARTS) is 1. The van der Waals surface area contributed by atoms with E-state index in [1.54, 1.807) is 24.3 Å². The third-order valence-corrected chi connectivity index (χ3v) is 3.00. The number of nitrogens with one attached hydrogen (secondary N) is 1. The van der Waals surface area contributed by atoms with Crippen LogP contribution in [0.25, 0.3) is 0 Å². The summed E-state index contributed by atoms with van der Waals surface area (Å²) in [5.74, 6) is -4.14. The SMILES string of the molecule is Cc1ccc(N(NC(=O)C(=O)[O-])[C@H]2C(=O)OC[C@H]2O)cc1. The second-order valence-corrected chi connectivity index (χ2v) is 4.58. The van der Waals surface area contributed by atoms with Crippen molar-refractivity contribution in [1.29, 1.82) is 0 Å². The maximum Gasteiger partial charge on any atom is 0.333 e. The third-order valence-electron chi connectivity index (χ3n) is 3.00. The monoisotopic (exact) mass is 293 g/mol. The Morgan fingerprint density at radius 2 is 2.00 bits per heavy atom. The summed E-state index contributed by atoms with van der Waals surface area (Å²) in [6.07, 6.45) is -1.19.